The second-order valence-electron chi connectivity index (χ2n) is 9.44. The Morgan fingerprint density at radius 3 is 2.03 bits per heavy atom. The van der Waals surface area contributed by atoms with E-state index in [0.717, 1.165) is 44.6 Å². The number of hydrogen-bond acceptors (Lipinski definition) is 3. The molecule has 0 aromatic heterocycles. The van der Waals surface area contributed by atoms with Crippen LogP contribution < -0.4 is 4.90 Å². The fourth-order valence-corrected chi connectivity index (χ4v) is 5.78. The number of aliphatic hydroxyl groups is 1. The summed E-state index contributed by atoms with van der Waals surface area (Å²) in [6.45, 7) is 3.39. The maximum Gasteiger partial charge on any atom is 0.252 e. The standard InChI is InChI=1S/C29H32N2O2/c32-21-28(33)31-22-29(26-13-7-8-14-27(26)31)16-19-30(20-17-29)18-15-25(23-9-3-1-4-10-23)24-11-5-2-6-12-24/h1-14,25,32H,15-22H2. The molecule has 2 heterocycles. The van der Waals surface area contributed by atoms with E-state index in [4.69, 9.17) is 0 Å². The number of carbonyl (C=O) groups is 1. The summed E-state index contributed by atoms with van der Waals surface area (Å²) in [5, 5.41) is 9.46. The first kappa shape index (κ1) is 21.9. The van der Waals surface area contributed by atoms with E-state index < -0.39 is 6.61 Å². The van der Waals surface area contributed by atoms with Crippen LogP contribution in [0.5, 0.6) is 0 Å². The Kier molecular flexibility index (Phi) is 6.30. The summed E-state index contributed by atoms with van der Waals surface area (Å²) in [4.78, 5) is 16.8. The normalized spacial score (nSPS) is 17.5. The largest absolute Gasteiger partial charge is 0.387 e. The zero-order valence-corrected chi connectivity index (χ0v) is 19.1. The van der Waals surface area contributed by atoms with Gasteiger partial charge in [-0.05, 0) is 61.7 Å². The van der Waals surface area contributed by atoms with Gasteiger partial charge in [0, 0.05) is 23.6 Å². The first-order valence-corrected chi connectivity index (χ1v) is 12.0. The molecule has 1 amide bonds. The average molecular weight is 441 g/mol. The van der Waals surface area contributed by atoms with Gasteiger partial charge in [0.1, 0.15) is 6.61 Å². The van der Waals surface area contributed by atoms with Crippen molar-refractivity contribution >= 4 is 11.6 Å². The lowest BCUT2D eigenvalue weighted by Crippen LogP contribution is -2.46. The van der Waals surface area contributed by atoms with E-state index in [1.165, 1.54) is 16.7 Å². The lowest BCUT2D eigenvalue weighted by Gasteiger charge is -2.40. The van der Waals surface area contributed by atoms with Crippen molar-refractivity contribution in [3.63, 3.8) is 0 Å². The highest BCUT2D eigenvalue weighted by molar-refractivity contribution is 5.97. The van der Waals surface area contributed by atoms with Crippen molar-refractivity contribution in [3.8, 4) is 0 Å². The third-order valence-electron chi connectivity index (χ3n) is 7.61. The summed E-state index contributed by atoms with van der Waals surface area (Å²) >= 11 is 0. The fraction of sp³-hybridized carbons (Fsp3) is 0.345. The molecule has 4 nitrogen and oxygen atoms in total. The van der Waals surface area contributed by atoms with Gasteiger partial charge in [-0.1, -0.05) is 78.9 Å². The van der Waals surface area contributed by atoms with Gasteiger partial charge in [0.15, 0.2) is 0 Å². The Morgan fingerprint density at radius 1 is 0.848 bits per heavy atom. The second-order valence-corrected chi connectivity index (χ2v) is 9.44. The molecule has 0 bridgehead atoms. The molecule has 5 rings (SSSR count). The summed E-state index contributed by atoms with van der Waals surface area (Å²) < 4.78 is 0. The zero-order valence-electron chi connectivity index (χ0n) is 19.1. The van der Waals surface area contributed by atoms with Crippen molar-refractivity contribution in [3.05, 3.63) is 102 Å². The van der Waals surface area contributed by atoms with Crippen LogP contribution in [0.25, 0.3) is 0 Å². The molecule has 4 heteroatoms. The van der Waals surface area contributed by atoms with Gasteiger partial charge in [0.25, 0.3) is 5.91 Å². The Hall–Kier alpha value is -2.95. The van der Waals surface area contributed by atoms with Crippen LogP contribution in [0.3, 0.4) is 0 Å². The molecule has 1 spiro atoms. The van der Waals surface area contributed by atoms with Crippen LogP contribution in [0, 0.1) is 0 Å². The monoisotopic (exact) mass is 440 g/mol. The van der Waals surface area contributed by atoms with Gasteiger partial charge in [-0.3, -0.25) is 4.79 Å². The van der Waals surface area contributed by atoms with Gasteiger partial charge in [0.2, 0.25) is 0 Å². The first-order chi connectivity index (χ1) is 16.2. The van der Waals surface area contributed by atoms with Crippen LogP contribution in [0.4, 0.5) is 5.69 Å². The summed E-state index contributed by atoms with van der Waals surface area (Å²) in [5.41, 5.74) is 5.02. The van der Waals surface area contributed by atoms with Gasteiger partial charge in [0.05, 0.1) is 0 Å². The van der Waals surface area contributed by atoms with Gasteiger partial charge < -0.3 is 14.9 Å². The van der Waals surface area contributed by atoms with Crippen molar-refractivity contribution in [1.82, 2.24) is 4.90 Å². The number of rotatable bonds is 6. The van der Waals surface area contributed by atoms with Crippen molar-refractivity contribution in [2.24, 2.45) is 0 Å². The van der Waals surface area contributed by atoms with E-state index in [0.29, 0.717) is 12.5 Å². The third-order valence-corrected chi connectivity index (χ3v) is 7.61. The molecular formula is C29H32N2O2. The molecule has 0 atom stereocenters. The Bertz CT molecular complexity index is 1040. The average Bonchev–Trinajstić information content (AvgIpc) is 3.20. The number of carbonyl (C=O) groups excluding carboxylic acids is 1. The quantitative estimate of drug-likeness (QED) is 0.610. The van der Waals surface area contributed by atoms with Crippen LogP contribution in [-0.2, 0) is 10.2 Å². The van der Waals surface area contributed by atoms with Gasteiger partial charge >= 0.3 is 0 Å². The summed E-state index contributed by atoms with van der Waals surface area (Å²) in [5.74, 6) is 0.198. The molecular weight excluding hydrogens is 408 g/mol. The summed E-state index contributed by atoms with van der Waals surface area (Å²) in [6, 6.07) is 29.9. The molecule has 170 valence electrons. The smallest absolute Gasteiger partial charge is 0.252 e. The highest BCUT2D eigenvalue weighted by Gasteiger charge is 2.45. The molecule has 2 aliphatic rings. The topological polar surface area (TPSA) is 43.8 Å². The Balaban J connectivity index is 1.27. The zero-order chi connectivity index (χ0) is 22.7. The lowest BCUT2D eigenvalue weighted by atomic mass is 9.74. The van der Waals surface area contributed by atoms with E-state index in [1.807, 2.05) is 12.1 Å². The van der Waals surface area contributed by atoms with Gasteiger partial charge in [-0.2, -0.15) is 0 Å². The molecule has 2 aliphatic heterocycles. The molecule has 3 aromatic rings. The first-order valence-electron chi connectivity index (χ1n) is 12.0. The Morgan fingerprint density at radius 2 is 1.42 bits per heavy atom. The third kappa shape index (κ3) is 4.33. The maximum absolute atomic E-state index is 12.4. The van der Waals surface area contributed by atoms with Crippen LogP contribution in [-0.4, -0.2) is 48.7 Å². The number of anilines is 1. The minimum Gasteiger partial charge on any atom is -0.387 e. The number of benzene rings is 3. The van der Waals surface area contributed by atoms with E-state index in [9.17, 15) is 9.90 Å². The highest BCUT2D eigenvalue weighted by Crippen LogP contribution is 2.47. The minimum absolute atomic E-state index is 0.0101. The van der Waals surface area contributed by atoms with Gasteiger partial charge in [-0.25, -0.2) is 0 Å². The predicted molar refractivity (Wildman–Crippen MR) is 133 cm³/mol. The molecule has 0 aliphatic carbocycles. The molecule has 1 fully saturated rings. The molecule has 33 heavy (non-hydrogen) atoms. The van der Waals surface area contributed by atoms with Crippen LogP contribution in [0.2, 0.25) is 0 Å². The SMILES string of the molecule is O=C(CO)N1CC2(CCN(CCC(c3ccccc3)c3ccccc3)CC2)c2ccccc21. The van der Waals surface area contributed by atoms with Gasteiger partial charge in [-0.15, -0.1) is 0 Å². The second kappa shape index (κ2) is 9.50. The maximum atomic E-state index is 12.4. The van der Waals surface area contributed by atoms with Crippen LogP contribution in [0.1, 0.15) is 41.9 Å². The van der Waals surface area contributed by atoms with Crippen LogP contribution in [0.15, 0.2) is 84.9 Å². The fourth-order valence-electron chi connectivity index (χ4n) is 5.78. The van der Waals surface area contributed by atoms with Crippen molar-refractivity contribution in [1.29, 1.82) is 0 Å². The van der Waals surface area contributed by atoms with Crippen molar-refractivity contribution in [2.45, 2.75) is 30.6 Å². The molecule has 0 saturated carbocycles. The van der Waals surface area contributed by atoms with E-state index >= 15 is 0 Å². The molecule has 3 aromatic carbocycles. The molecule has 0 unspecified atom stereocenters. The number of fused-ring (bicyclic) bond motifs is 2. The summed E-state index contributed by atoms with van der Waals surface area (Å²) in [6.07, 6.45) is 3.17. The lowest BCUT2D eigenvalue weighted by molar-refractivity contribution is -0.121. The molecule has 1 N–H and O–H groups in total. The van der Waals surface area contributed by atoms with Crippen molar-refractivity contribution in [2.75, 3.05) is 37.7 Å². The number of hydrogen-bond donors (Lipinski definition) is 1. The number of nitrogens with zero attached hydrogens (tertiary/aromatic N) is 2. The van der Waals surface area contributed by atoms with E-state index in [2.05, 4.69) is 77.7 Å². The van der Waals surface area contributed by atoms with E-state index in [-0.39, 0.29) is 11.3 Å². The summed E-state index contributed by atoms with van der Waals surface area (Å²) in [7, 11) is 0. The minimum atomic E-state index is -0.434. The van der Waals surface area contributed by atoms with Crippen LogP contribution >= 0.6 is 0 Å². The Labute approximate surface area is 196 Å². The number of likely N-dealkylation sites (tertiary alicyclic amines) is 1. The predicted octanol–water partition coefficient (Wildman–Crippen LogP) is 4.58. The number of amides is 1. The number of aliphatic hydroxyl groups excluding tert-OH is 1. The molecule has 0 radical (unpaired) electrons. The number of piperidine rings is 1. The highest BCUT2D eigenvalue weighted by atomic mass is 16.3. The number of para-hydroxylation sites is 1. The molecule has 1 saturated heterocycles. The van der Waals surface area contributed by atoms with Crippen molar-refractivity contribution < 1.29 is 9.90 Å². The van der Waals surface area contributed by atoms with E-state index in [1.54, 1.807) is 4.90 Å².